The number of thioether (sulfide) groups is 1. The number of hydrogen-bond acceptors (Lipinski definition) is 4. The van der Waals surface area contributed by atoms with E-state index < -0.39 is 6.09 Å². The van der Waals surface area contributed by atoms with Crippen LogP contribution in [0.3, 0.4) is 0 Å². The molecular weight excluding hydrogens is 274 g/mol. The normalized spacial score (nSPS) is 11.2. The molecule has 0 aromatic heterocycles. The third-order valence-corrected chi connectivity index (χ3v) is 3.72. The Morgan fingerprint density at radius 2 is 2.00 bits per heavy atom. The molecule has 0 saturated heterocycles. The van der Waals surface area contributed by atoms with Crippen molar-refractivity contribution in [1.29, 1.82) is 0 Å². The van der Waals surface area contributed by atoms with Crippen molar-refractivity contribution in [2.24, 2.45) is 0 Å². The lowest BCUT2D eigenvalue weighted by Crippen LogP contribution is -2.44. The van der Waals surface area contributed by atoms with Crippen molar-refractivity contribution < 1.29 is 14.6 Å². The summed E-state index contributed by atoms with van der Waals surface area (Å²) in [7, 11) is 0. The molecule has 0 atom stereocenters. The fourth-order valence-electron chi connectivity index (χ4n) is 1.59. The molecule has 0 radical (unpaired) electrons. The molecule has 2 N–H and O–H groups in total. The van der Waals surface area contributed by atoms with Crippen LogP contribution in [0.15, 0.2) is 30.3 Å². The first-order valence-electron chi connectivity index (χ1n) is 6.71. The van der Waals surface area contributed by atoms with Crippen molar-refractivity contribution in [3.8, 4) is 0 Å². The molecule has 0 aliphatic carbocycles. The molecule has 1 amide bonds. The summed E-state index contributed by atoms with van der Waals surface area (Å²) in [6.45, 7) is 4.41. The van der Waals surface area contributed by atoms with Gasteiger partial charge in [0.25, 0.3) is 0 Å². The van der Waals surface area contributed by atoms with E-state index >= 15 is 0 Å². The van der Waals surface area contributed by atoms with Gasteiger partial charge in [-0.3, -0.25) is 0 Å². The van der Waals surface area contributed by atoms with Crippen LogP contribution in [0, 0.1) is 0 Å². The van der Waals surface area contributed by atoms with Gasteiger partial charge in [0.1, 0.15) is 6.61 Å². The first kappa shape index (κ1) is 16.9. The van der Waals surface area contributed by atoms with Crippen molar-refractivity contribution in [3.05, 3.63) is 35.9 Å². The Hall–Kier alpha value is -1.20. The highest BCUT2D eigenvalue weighted by atomic mass is 32.2. The van der Waals surface area contributed by atoms with Crippen LogP contribution in [0.25, 0.3) is 0 Å². The van der Waals surface area contributed by atoms with E-state index in [1.165, 1.54) is 0 Å². The Kier molecular flexibility index (Phi) is 7.47. The van der Waals surface area contributed by atoms with Crippen LogP contribution in [-0.4, -0.2) is 34.9 Å². The highest BCUT2D eigenvalue weighted by molar-refractivity contribution is 7.99. The number of aliphatic hydroxyl groups excluding tert-OH is 1. The zero-order chi connectivity index (χ0) is 14.8. The van der Waals surface area contributed by atoms with E-state index in [1.807, 2.05) is 44.2 Å². The number of nitrogens with one attached hydrogen (secondary N) is 1. The summed E-state index contributed by atoms with van der Waals surface area (Å²) in [5, 5.41) is 11.6. The maximum atomic E-state index is 11.7. The number of amides is 1. The summed E-state index contributed by atoms with van der Waals surface area (Å²) in [5.41, 5.74) is 0.662. The van der Waals surface area contributed by atoms with Gasteiger partial charge in [-0.15, -0.1) is 0 Å². The van der Waals surface area contributed by atoms with Gasteiger partial charge in [0.15, 0.2) is 0 Å². The minimum atomic E-state index is -0.397. The molecule has 0 aliphatic rings. The number of ether oxygens (including phenoxy) is 1. The van der Waals surface area contributed by atoms with E-state index in [-0.39, 0.29) is 18.8 Å². The summed E-state index contributed by atoms with van der Waals surface area (Å²) in [6.07, 6.45) is 0.434. The third kappa shape index (κ3) is 7.40. The second-order valence-electron chi connectivity index (χ2n) is 5.16. The van der Waals surface area contributed by atoms with Gasteiger partial charge in [0.05, 0.1) is 6.61 Å². The Bertz CT molecular complexity index is 395. The molecule has 20 heavy (non-hydrogen) atoms. The minimum absolute atomic E-state index is 0.192. The van der Waals surface area contributed by atoms with Crippen LogP contribution in [-0.2, 0) is 11.3 Å². The standard InChI is InChI=1S/C15H23NO3S/c1-15(2,8-10-20-11-9-17)16-14(18)19-12-13-6-4-3-5-7-13/h3-7,17H,8-12H2,1-2H3,(H,16,18). The molecule has 1 aromatic carbocycles. The molecule has 1 rings (SSSR count). The van der Waals surface area contributed by atoms with Crippen molar-refractivity contribution in [2.75, 3.05) is 18.1 Å². The number of rotatable bonds is 8. The van der Waals surface area contributed by atoms with Gasteiger partial charge in [-0.1, -0.05) is 30.3 Å². The van der Waals surface area contributed by atoms with Crippen molar-refractivity contribution >= 4 is 17.9 Å². The first-order chi connectivity index (χ1) is 9.53. The van der Waals surface area contributed by atoms with Crippen LogP contribution < -0.4 is 5.32 Å². The van der Waals surface area contributed by atoms with Gasteiger partial charge < -0.3 is 15.2 Å². The zero-order valence-electron chi connectivity index (χ0n) is 12.1. The molecule has 5 heteroatoms. The highest BCUT2D eigenvalue weighted by Gasteiger charge is 2.20. The van der Waals surface area contributed by atoms with E-state index in [2.05, 4.69) is 5.32 Å². The highest BCUT2D eigenvalue weighted by Crippen LogP contribution is 2.14. The van der Waals surface area contributed by atoms with Gasteiger partial charge in [-0.05, 0) is 31.6 Å². The molecule has 0 spiro atoms. The van der Waals surface area contributed by atoms with Crippen LogP contribution >= 0.6 is 11.8 Å². The van der Waals surface area contributed by atoms with Gasteiger partial charge in [-0.25, -0.2) is 4.79 Å². The Labute approximate surface area is 124 Å². The molecule has 4 nitrogen and oxygen atoms in total. The lowest BCUT2D eigenvalue weighted by molar-refractivity contribution is 0.129. The number of hydrogen-bond donors (Lipinski definition) is 2. The lowest BCUT2D eigenvalue weighted by atomic mass is 10.0. The minimum Gasteiger partial charge on any atom is -0.445 e. The predicted octanol–water partition coefficient (Wildman–Crippen LogP) is 2.81. The Balaban J connectivity index is 2.26. The molecule has 0 aliphatic heterocycles. The van der Waals surface area contributed by atoms with Gasteiger partial charge >= 0.3 is 6.09 Å². The SMILES string of the molecule is CC(C)(CCSCCO)NC(=O)OCc1ccccc1. The summed E-state index contributed by atoms with van der Waals surface area (Å²) < 4.78 is 5.19. The maximum Gasteiger partial charge on any atom is 0.407 e. The molecule has 112 valence electrons. The van der Waals surface area contributed by atoms with Gasteiger partial charge in [0, 0.05) is 11.3 Å². The van der Waals surface area contributed by atoms with Crippen LogP contribution in [0.2, 0.25) is 0 Å². The van der Waals surface area contributed by atoms with E-state index in [1.54, 1.807) is 11.8 Å². The van der Waals surface area contributed by atoms with E-state index in [4.69, 9.17) is 9.84 Å². The fourth-order valence-corrected chi connectivity index (χ4v) is 2.58. The molecule has 1 aromatic rings. The summed E-state index contributed by atoms with van der Waals surface area (Å²) in [4.78, 5) is 11.7. The molecule has 0 heterocycles. The van der Waals surface area contributed by atoms with Crippen molar-refractivity contribution in [1.82, 2.24) is 5.32 Å². The molecule has 0 unspecified atom stereocenters. The summed E-state index contributed by atoms with van der Waals surface area (Å²) in [6, 6.07) is 9.60. The van der Waals surface area contributed by atoms with E-state index in [0.717, 1.165) is 23.5 Å². The summed E-state index contributed by atoms with van der Waals surface area (Å²) >= 11 is 1.68. The van der Waals surface area contributed by atoms with Crippen LogP contribution in [0.5, 0.6) is 0 Å². The van der Waals surface area contributed by atoms with Crippen LogP contribution in [0.1, 0.15) is 25.8 Å². The number of alkyl carbamates (subject to hydrolysis) is 1. The largest absolute Gasteiger partial charge is 0.445 e. The topological polar surface area (TPSA) is 58.6 Å². The average Bonchev–Trinajstić information content (AvgIpc) is 2.42. The lowest BCUT2D eigenvalue weighted by Gasteiger charge is -2.25. The van der Waals surface area contributed by atoms with Crippen molar-refractivity contribution in [2.45, 2.75) is 32.4 Å². The second-order valence-corrected chi connectivity index (χ2v) is 6.38. The predicted molar refractivity (Wildman–Crippen MR) is 82.9 cm³/mol. The molecule has 0 saturated carbocycles. The third-order valence-electron chi connectivity index (χ3n) is 2.76. The second kappa shape index (κ2) is 8.87. The monoisotopic (exact) mass is 297 g/mol. The number of carbonyl (C=O) groups is 1. The van der Waals surface area contributed by atoms with Crippen LogP contribution in [0.4, 0.5) is 4.79 Å². The summed E-state index contributed by atoms with van der Waals surface area (Å²) in [5.74, 6) is 1.63. The quantitative estimate of drug-likeness (QED) is 0.724. The van der Waals surface area contributed by atoms with E-state index in [0.29, 0.717) is 0 Å². The smallest absolute Gasteiger partial charge is 0.407 e. The average molecular weight is 297 g/mol. The molecular formula is C15H23NO3S. The van der Waals surface area contributed by atoms with Gasteiger partial charge in [0.2, 0.25) is 0 Å². The Morgan fingerprint density at radius 3 is 2.65 bits per heavy atom. The maximum absolute atomic E-state index is 11.7. The number of aliphatic hydroxyl groups is 1. The van der Waals surface area contributed by atoms with Gasteiger partial charge in [-0.2, -0.15) is 11.8 Å². The zero-order valence-corrected chi connectivity index (χ0v) is 12.9. The van der Waals surface area contributed by atoms with Crippen molar-refractivity contribution in [3.63, 3.8) is 0 Å². The molecule has 0 fully saturated rings. The number of benzene rings is 1. The molecule has 0 bridgehead atoms. The Morgan fingerprint density at radius 1 is 1.30 bits per heavy atom. The van der Waals surface area contributed by atoms with E-state index in [9.17, 15) is 4.79 Å². The first-order valence-corrected chi connectivity index (χ1v) is 7.86. The number of carbonyl (C=O) groups excluding carboxylic acids is 1. The fraction of sp³-hybridized carbons (Fsp3) is 0.533.